The third-order valence-electron chi connectivity index (χ3n) is 5.90. The Bertz CT molecular complexity index is 875. The minimum atomic E-state index is 0.123. The first-order valence-corrected chi connectivity index (χ1v) is 10.9. The van der Waals surface area contributed by atoms with Gasteiger partial charge >= 0.3 is 0 Å². The summed E-state index contributed by atoms with van der Waals surface area (Å²) in [6.07, 6.45) is 1.05. The Morgan fingerprint density at radius 3 is 2.07 bits per heavy atom. The Morgan fingerprint density at radius 2 is 1.47 bits per heavy atom. The van der Waals surface area contributed by atoms with Gasteiger partial charge in [-0.1, -0.05) is 91.0 Å². The molecule has 1 saturated heterocycles. The molecule has 0 aliphatic carbocycles. The quantitative estimate of drug-likeness (QED) is 0.524. The summed E-state index contributed by atoms with van der Waals surface area (Å²) in [4.78, 5) is 14.2. The van der Waals surface area contributed by atoms with Crippen molar-refractivity contribution in [3.63, 3.8) is 0 Å². The number of nitrogens with one attached hydrogen (secondary N) is 2. The van der Waals surface area contributed by atoms with Gasteiger partial charge in [-0.25, -0.2) is 0 Å². The Hall–Kier alpha value is -2.95. The number of carbonyl (C=O) groups excluding carboxylic acids is 1. The first-order valence-electron chi connectivity index (χ1n) is 10.9. The Labute approximate surface area is 178 Å². The lowest BCUT2D eigenvalue weighted by Crippen LogP contribution is -3.09. The van der Waals surface area contributed by atoms with Gasteiger partial charge in [-0.05, 0) is 0 Å². The molecule has 4 nitrogen and oxygen atoms in total. The van der Waals surface area contributed by atoms with Gasteiger partial charge in [0, 0.05) is 23.1 Å². The molecule has 1 aliphatic heterocycles. The molecule has 1 fully saturated rings. The lowest BCUT2D eigenvalue weighted by molar-refractivity contribution is -0.901. The zero-order chi connectivity index (χ0) is 20.6. The average molecular weight is 402 g/mol. The van der Waals surface area contributed by atoms with E-state index < -0.39 is 0 Å². The second-order valence-corrected chi connectivity index (χ2v) is 8.16. The van der Waals surface area contributed by atoms with Crippen LogP contribution >= 0.6 is 0 Å². The van der Waals surface area contributed by atoms with Crippen molar-refractivity contribution < 1.29 is 15.0 Å². The largest absolute Gasteiger partial charge is 0.343 e. The maximum absolute atomic E-state index is 12.7. The Kier molecular flexibility index (Phi) is 6.91. The van der Waals surface area contributed by atoms with Gasteiger partial charge < -0.3 is 15.5 Å². The number of carbonyl (C=O) groups is 1. The molecule has 1 heterocycles. The summed E-state index contributed by atoms with van der Waals surface area (Å²) >= 11 is 0. The molecule has 154 valence electrons. The van der Waals surface area contributed by atoms with Crippen molar-refractivity contribution >= 4 is 5.91 Å². The summed E-state index contributed by atoms with van der Waals surface area (Å²) in [5.41, 5.74) is 3.80. The van der Waals surface area contributed by atoms with Crippen LogP contribution in [0.1, 0.15) is 29.2 Å². The van der Waals surface area contributed by atoms with E-state index in [4.69, 9.17) is 0 Å². The maximum Gasteiger partial charge on any atom is 0.275 e. The molecule has 1 amide bonds. The zero-order valence-corrected chi connectivity index (χ0v) is 17.3. The molecule has 0 radical (unpaired) electrons. The van der Waals surface area contributed by atoms with E-state index in [-0.39, 0.29) is 18.0 Å². The predicted octanol–water partition coefficient (Wildman–Crippen LogP) is 1.31. The summed E-state index contributed by atoms with van der Waals surface area (Å²) in [6, 6.07) is 31.8. The number of nitrogens with two attached hydrogens (primary N) is 1. The maximum atomic E-state index is 12.7. The minimum Gasteiger partial charge on any atom is -0.343 e. The van der Waals surface area contributed by atoms with Crippen molar-refractivity contribution in [1.29, 1.82) is 0 Å². The van der Waals surface area contributed by atoms with E-state index in [1.165, 1.54) is 16.7 Å². The highest BCUT2D eigenvalue weighted by Crippen LogP contribution is 2.17. The molecule has 4 rings (SSSR count). The van der Waals surface area contributed by atoms with Crippen LogP contribution in [0.2, 0.25) is 0 Å². The first kappa shape index (κ1) is 20.3. The van der Waals surface area contributed by atoms with E-state index in [0.29, 0.717) is 6.54 Å². The summed E-state index contributed by atoms with van der Waals surface area (Å²) < 4.78 is 0. The molecule has 0 saturated carbocycles. The van der Waals surface area contributed by atoms with Crippen LogP contribution in [0.25, 0.3) is 0 Å². The van der Waals surface area contributed by atoms with E-state index in [1.807, 2.05) is 12.1 Å². The fourth-order valence-electron chi connectivity index (χ4n) is 4.40. The van der Waals surface area contributed by atoms with Crippen LogP contribution in [0.4, 0.5) is 0 Å². The van der Waals surface area contributed by atoms with Gasteiger partial charge in [-0.3, -0.25) is 4.79 Å². The second-order valence-electron chi connectivity index (χ2n) is 8.16. The van der Waals surface area contributed by atoms with Gasteiger partial charge in [0.05, 0.1) is 19.1 Å². The molecule has 0 bridgehead atoms. The highest BCUT2D eigenvalue weighted by molar-refractivity contribution is 5.77. The molecule has 4 heteroatoms. The van der Waals surface area contributed by atoms with Crippen LogP contribution < -0.4 is 15.5 Å². The normalized spacial score (nSPS) is 18.4. The number of rotatable bonds is 8. The number of amides is 1. The topological polar surface area (TPSA) is 50.1 Å². The third-order valence-corrected chi connectivity index (χ3v) is 5.90. The van der Waals surface area contributed by atoms with Gasteiger partial charge in [0.15, 0.2) is 6.54 Å². The van der Waals surface area contributed by atoms with Crippen molar-refractivity contribution in [2.45, 2.75) is 25.0 Å². The predicted molar refractivity (Wildman–Crippen MR) is 119 cm³/mol. The van der Waals surface area contributed by atoms with Gasteiger partial charge in [0.1, 0.15) is 12.6 Å². The van der Waals surface area contributed by atoms with Crippen LogP contribution in [0.3, 0.4) is 0 Å². The Balaban J connectivity index is 1.30. The van der Waals surface area contributed by atoms with Gasteiger partial charge in [0.2, 0.25) is 0 Å². The van der Waals surface area contributed by atoms with E-state index in [2.05, 4.69) is 89.5 Å². The standard InChI is InChI=1S/C26H29N3O/c30-25(28-24-16-17-29(20-24)19-21-10-4-1-5-11-21)18-27-26(22-12-6-2-7-13-22)23-14-8-3-9-15-23/h1-15,24,26-27H,16-20H2,(H,28,30)/p+2/t24-/m0/s1. The van der Waals surface area contributed by atoms with Crippen LogP contribution in [0.15, 0.2) is 91.0 Å². The molecule has 0 spiro atoms. The molecule has 1 unspecified atom stereocenters. The van der Waals surface area contributed by atoms with Gasteiger partial charge in [-0.15, -0.1) is 0 Å². The van der Waals surface area contributed by atoms with Crippen LogP contribution in [-0.2, 0) is 11.3 Å². The average Bonchev–Trinajstić information content (AvgIpc) is 3.22. The molecule has 1 aliphatic rings. The Morgan fingerprint density at radius 1 is 0.900 bits per heavy atom. The monoisotopic (exact) mass is 401 g/mol. The minimum absolute atomic E-state index is 0.123. The first-order chi connectivity index (χ1) is 14.8. The summed E-state index contributed by atoms with van der Waals surface area (Å²) in [5, 5.41) is 5.40. The molecule has 2 atom stereocenters. The number of hydrogen-bond acceptors (Lipinski definition) is 1. The highest BCUT2D eigenvalue weighted by Gasteiger charge is 2.28. The van der Waals surface area contributed by atoms with E-state index in [0.717, 1.165) is 26.1 Å². The number of benzene rings is 3. The van der Waals surface area contributed by atoms with Crippen LogP contribution in [-0.4, -0.2) is 31.6 Å². The molecule has 3 aromatic carbocycles. The van der Waals surface area contributed by atoms with Crippen molar-refractivity contribution in [2.24, 2.45) is 0 Å². The lowest BCUT2D eigenvalue weighted by atomic mass is 9.99. The molecule has 3 aromatic rings. The second kappa shape index (κ2) is 10.2. The third kappa shape index (κ3) is 5.56. The molecule has 4 N–H and O–H groups in total. The van der Waals surface area contributed by atoms with Crippen LogP contribution in [0.5, 0.6) is 0 Å². The van der Waals surface area contributed by atoms with E-state index in [9.17, 15) is 4.79 Å². The molecular weight excluding hydrogens is 370 g/mol. The van der Waals surface area contributed by atoms with Gasteiger partial charge in [0.25, 0.3) is 5.91 Å². The lowest BCUT2D eigenvalue weighted by Gasteiger charge is -2.17. The smallest absolute Gasteiger partial charge is 0.275 e. The number of hydrogen-bond donors (Lipinski definition) is 3. The highest BCUT2D eigenvalue weighted by atomic mass is 16.2. The van der Waals surface area contributed by atoms with Gasteiger partial charge in [-0.2, -0.15) is 0 Å². The van der Waals surface area contributed by atoms with E-state index >= 15 is 0 Å². The molecule has 30 heavy (non-hydrogen) atoms. The molecular formula is C26H31N3O+2. The number of likely N-dealkylation sites (tertiary alicyclic amines) is 1. The number of quaternary nitrogens is 2. The fourth-order valence-corrected chi connectivity index (χ4v) is 4.40. The van der Waals surface area contributed by atoms with Crippen molar-refractivity contribution in [3.8, 4) is 0 Å². The fraction of sp³-hybridized carbons (Fsp3) is 0.269. The van der Waals surface area contributed by atoms with Crippen molar-refractivity contribution in [3.05, 3.63) is 108 Å². The van der Waals surface area contributed by atoms with E-state index in [1.54, 1.807) is 4.90 Å². The van der Waals surface area contributed by atoms with Crippen LogP contribution in [0, 0.1) is 0 Å². The molecule has 0 aromatic heterocycles. The van der Waals surface area contributed by atoms with Crippen molar-refractivity contribution in [1.82, 2.24) is 5.32 Å². The van der Waals surface area contributed by atoms with Crippen molar-refractivity contribution in [2.75, 3.05) is 19.6 Å². The zero-order valence-electron chi connectivity index (χ0n) is 17.3. The summed E-state index contributed by atoms with van der Waals surface area (Å²) in [5.74, 6) is 0.123. The summed E-state index contributed by atoms with van der Waals surface area (Å²) in [6.45, 7) is 3.57. The summed E-state index contributed by atoms with van der Waals surface area (Å²) in [7, 11) is 0. The SMILES string of the molecule is O=C(C[NH2+]C(c1ccccc1)c1ccccc1)N[C@H]1CC[NH+](Cc2ccccc2)C1.